The van der Waals surface area contributed by atoms with E-state index in [4.69, 9.17) is 0 Å². The number of hydrogen-bond acceptors (Lipinski definition) is 6. The van der Waals surface area contributed by atoms with Gasteiger partial charge in [-0.3, -0.25) is 4.79 Å². The maximum atomic E-state index is 12.2. The fourth-order valence-corrected chi connectivity index (χ4v) is 4.37. The highest BCUT2D eigenvalue weighted by atomic mass is 32.2. The standard InChI is InChI=1S/C12H16N2O5S2/c1-19-12(16)11-9(4-7-20-11)21(17,18)13-8-10(15)14-5-2-3-6-14/h4,7,13H,2-3,5-6,8H2,1H3. The first-order valence-electron chi connectivity index (χ1n) is 6.39. The van der Waals surface area contributed by atoms with Crippen molar-refractivity contribution < 1.29 is 22.7 Å². The van der Waals surface area contributed by atoms with Gasteiger partial charge in [0.2, 0.25) is 15.9 Å². The van der Waals surface area contributed by atoms with Gasteiger partial charge in [0, 0.05) is 13.1 Å². The highest BCUT2D eigenvalue weighted by Crippen LogP contribution is 2.22. The van der Waals surface area contributed by atoms with Gasteiger partial charge in [-0.15, -0.1) is 11.3 Å². The number of methoxy groups -OCH3 is 1. The molecule has 1 aliphatic heterocycles. The van der Waals surface area contributed by atoms with E-state index >= 15 is 0 Å². The molecular formula is C12H16N2O5S2. The molecule has 1 saturated heterocycles. The Morgan fingerprint density at radius 1 is 1.38 bits per heavy atom. The number of sulfonamides is 1. The number of likely N-dealkylation sites (tertiary alicyclic amines) is 1. The number of carbonyl (C=O) groups is 2. The van der Waals surface area contributed by atoms with Gasteiger partial charge in [-0.1, -0.05) is 0 Å². The van der Waals surface area contributed by atoms with Gasteiger partial charge >= 0.3 is 5.97 Å². The van der Waals surface area contributed by atoms with Crippen LogP contribution in [0.1, 0.15) is 22.5 Å². The number of carbonyl (C=O) groups excluding carboxylic acids is 2. The van der Waals surface area contributed by atoms with E-state index in [0.717, 1.165) is 24.2 Å². The molecule has 0 aromatic carbocycles. The lowest BCUT2D eigenvalue weighted by Gasteiger charge is -2.15. The molecule has 1 N–H and O–H groups in total. The number of rotatable bonds is 5. The third-order valence-electron chi connectivity index (χ3n) is 3.16. The predicted octanol–water partition coefficient (Wildman–Crippen LogP) is 0.435. The molecule has 0 saturated carbocycles. The SMILES string of the molecule is COC(=O)c1sccc1S(=O)(=O)NCC(=O)N1CCCC1. The van der Waals surface area contributed by atoms with Gasteiger partial charge in [0.15, 0.2) is 0 Å². The smallest absolute Gasteiger partial charge is 0.349 e. The van der Waals surface area contributed by atoms with Crippen LogP contribution in [0.15, 0.2) is 16.3 Å². The molecule has 1 aromatic rings. The average molecular weight is 332 g/mol. The van der Waals surface area contributed by atoms with Crippen LogP contribution in [-0.2, 0) is 19.6 Å². The van der Waals surface area contributed by atoms with Crippen molar-refractivity contribution in [1.29, 1.82) is 0 Å². The molecule has 0 bridgehead atoms. The van der Waals surface area contributed by atoms with Crippen molar-refractivity contribution in [3.63, 3.8) is 0 Å². The molecule has 7 nitrogen and oxygen atoms in total. The Morgan fingerprint density at radius 3 is 2.67 bits per heavy atom. The van der Waals surface area contributed by atoms with Gasteiger partial charge in [-0.05, 0) is 24.3 Å². The Balaban J connectivity index is 2.06. The molecule has 2 rings (SSSR count). The number of esters is 1. The van der Waals surface area contributed by atoms with Crippen LogP contribution in [-0.4, -0.2) is 51.9 Å². The second-order valence-electron chi connectivity index (χ2n) is 4.52. The van der Waals surface area contributed by atoms with E-state index in [-0.39, 0.29) is 22.2 Å². The molecule has 116 valence electrons. The summed E-state index contributed by atoms with van der Waals surface area (Å²) >= 11 is 0.980. The minimum atomic E-state index is -3.92. The van der Waals surface area contributed by atoms with Crippen molar-refractivity contribution in [2.45, 2.75) is 17.7 Å². The van der Waals surface area contributed by atoms with Crippen LogP contribution in [0.3, 0.4) is 0 Å². The maximum absolute atomic E-state index is 12.2. The average Bonchev–Trinajstić information content (AvgIpc) is 3.14. The van der Waals surface area contributed by atoms with Crippen molar-refractivity contribution in [3.05, 3.63) is 16.3 Å². The summed E-state index contributed by atoms with van der Waals surface area (Å²) in [5, 5.41) is 1.49. The molecule has 9 heteroatoms. The Bertz CT molecular complexity index is 632. The second-order valence-corrected chi connectivity index (χ2v) is 7.17. The van der Waals surface area contributed by atoms with E-state index in [1.807, 2.05) is 0 Å². The normalized spacial score (nSPS) is 15.2. The topological polar surface area (TPSA) is 92.8 Å². The zero-order valence-electron chi connectivity index (χ0n) is 11.5. The van der Waals surface area contributed by atoms with E-state index in [0.29, 0.717) is 13.1 Å². The number of nitrogens with one attached hydrogen (secondary N) is 1. The van der Waals surface area contributed by atoms with Crippen molar-refractivity contribution in [2.75, 3.05) is 26.7 Å². The van der Waals surface area contributed by atoms with Crippen molar-refractivity contribution >= 4 is 33.2 Å². The van der Waals surface area contributed by atoms with Crippen LogP contribution >= 0.6 is 11.3 Å². The molecule has 0 atom stereocenters. The van der Waals surface area contributed by atoms with Crippen molar-refractivity contribution in [1.82, 2.24) is 9.62 Å². The number of ether oxygens (including phenoxy) is 1. The van der Waals surface area contributed by atoms with Gasteiger partial charge in [-0.2, -0.15) is 0 Å². The first kappa shape index (κ1) is 15.9. The summed E-state index contributed by atoms with van der Waals surface area (Å²) in [6.07, 6.45) is 1.88. The van der Waals surface area contributed by atoms with E-state index in [2.05, 4.69) is 9.46 Å². The van der Waals surface area contributed by atoms with Gasteiger partial charge in [0.25, 0.3) is 0 Å². The highest BCUT2D eigenvalue weighted by Gasteiger charge is 2.26. The molecule has 0 aliphatic carbocycles. The quantitative estimate of drug-likeness (QED) is 0.790. The lowest BCUT2D eigenvalue weighted by Crippen LogP contribution is -2.38. The van der Waals surface area contributed by atoms with E-state index in [1.165, 1.54) is 18.6 Å². The summed E-state index contributed by atoms with van der Waals surface area (Å²) in [7, 11) is -2.73. The first-order valence-corrected chi connectivity index (χ1v) is 8.75. The number of thiophene rings is 1. The highest BCUT2D eigenvalue weighted by molar-refractivity contribution is 7.89. The van der Waals surface area contributed by atoms with Gasteiger partial charge < -0.3 is 9.64 Å². The Labute approximate surface area is 126 Å². The maximum Gasteiger partial charge on any atom is 0.349 e. The molecule has 1 aliphatic rings. The first-order chi connectivity index (χ1) is 9.95. The van der Waals surface area contributed by atoms with E-state index < -0.39 is 16.0 Å². The lowest BCUT2D eigenvalue weighted by molar-refractivity contribution is -0.128. The zero-order chi connectivity index (χ0) is 15.5. The molecule has 1 aromatic heterocycles. The molecule has 0 unspecified atom stereocenters. The third-order valence-corrected chi connectivity index (χ3v) is 5.63. The third kappa shape index (κ3) is 3.60. The van der Waals surface area contributed by atoms with Crippen molar-refractivity contribution in [3.8, 4) is 0 Å². The molecular weight excluding hydrogens is 316 g/mol. The van der Waals surface area contributed by atoms with Crippen LogP contribution in [0.2, 0.25) is 0 Å². The predicted molar refractivity (Wildman–Crippen MR) is 76.7 cm³/mol. The molecule has 1 amide bonds. The summed E-state index contributed by atoms with van der Waals surface area (Å²) < 4.78 is 31.1. The number of amides is 1. The van der Waals surface area contributed by atoms with E-state index in [1.54, 1.807) is 4.90 Å². The Kier molecular flexibility index (Phi) is 4.96. The zero-order valence-corrected chi connectivity index (χ0v) is 13.1. The second kappa shape index (κ2) is 6.54. The van der Waals surface area contributed by atoms with Crippen LogP contribution in [0.4, 0.5) is 0 Å². The summed E-state index contributed by atoms with van der Waals surface area (Å²) in [5.41, 5.74) is 0. The minimum absolute atomic E-state index is 0.00128. The largest absolute Gasteiger partial charge is 0.465 e. The Hall–Kier alpha value is -1.45. The number of hydrogen-bond donors (Lipinski definition) is 1. The van der Waals surface area contributed by atoms with E-state index in [9.17, 15) is 18.0 Å². The van der Waals surface area contributed by atoms with Crippen LogP contribution in [0.25, 0.3) is 0 Å². The molecule has 21 heavy (non-hydrogen) atoms. The summed E-state index contributed by atoms with van der Waals surface area (Å²) in [4.78, 5) is 24.8. The molecule has 2 heterocycles. The fraction of sp³-hybridized carbons (Fsp3) is 0.500. The van der Waals surface area contributed by atoms with Crippen LogP contribution in [0, 0.1) is 0 Å². The molecule has 0 radical (unpaired) electrons. The lowest BCUT2D eigenvalue weighted by atomic mass is 10.4. The summed E-state index contributed by atoms with van der Waals surface area (Å²) in [6, 6.07) is 1.32. The summed E-state index contributed by atoms with van der Waals surface area (Å²) in [5.74, 6) is -0.970. The van der Waals surface area contributed by atoms with Gasteiger partial charge in [0.05, 0.1) is 13.7 Å². The van der Waals surface area contributed by atoms with Gasteiger partial charge in [-0.25, -0.2) is 17.9 Å². The molecule has 0 spiro atoms. The minimum Gasteiger partial charge on any atom is -0.465 e. The van der Waals surface area contributed by atoms with Crippen LogP contribution < -0.4 is 4.72 Å². The van der Waals surface area contributed by atoms with Gasteiger partial charge in [0.1, 0.15) is 9.77 Å². The summed E-state index contributed by atoms with van der Waals surface area (Å²) in [6.45, 7) is 1.01. The van der Waals surface area contributed by atoms with Crippen LogP contribution in [0.5, 0.6) is 0 Å². The monoisotopic (exact) mass is 332 g/mol. The molecule has 1 fully saturated rings. The Morgan fingerprint density at radius 2 is 2.05 bits per heavy atom. The van der Waals surface area contributed by atoms with Crippen molar-refractivity contribution in [2.24, 2.45) is 0 Å². The number of nitrogens with zero attached hydrogens (tertiary/aromatic N) is 1. The fourth-order valence-electron chi connectivity index (χ4n) is 2.06.